The third-order valence-corrected chi connectivity index (χ3v) is 3.71. The lowest BCUT2D eigenvalue weighted by Crippen LogP contribution is -2.28. The number of nitrogens with one attached hydrogen (secondary N) is 1. The molecule has 1 aliphatic rings. The predicted octanol–water partition coefficient (Wildman–Crippen LogP) is 2.18. The third-order valence-electron chi connectivity index (χ3n) is 3.71. The number of fused-ring (bicyclic) bond motifs is 1. The molecular weight excluding hydrogens is 348 g/mol. The summed E-state index contributed by atoms with van der Waals surface area (Å²) in [6, 6.07) is 16.1. The van der Waals surface area contributed by atoms with E-state index in [-0.39, 0.29) is 12.4 Å². The third kappa shape index (κ3) is 4.86. The summed E-state index contributed by atoms with van der Waals surface area (Å²) in [5, 5.41) is 11.8. The van der Waals surface area contributed by atoms with E-state index in [1.165, 1.54) is 6.08 Å². The summed E-state index contributed by atoms with van der Waals surface area (Å²) in [5.41, 5.74) is 1.29. The second-order valence-corrected chi connectivity index (χ2v) is 5.62. The lowest BCUT2D eigenvalue weighted by Gasteiger charge is -2.06. The van der Waals surface area contributed by atoms with Crippen LogP contribution >= 0.6 is 0 Å². The lowest BCUT2D eigenvalue weighted by atomic mass is 10.1. The van der Waals surface area contributed by atoms with Crippen molar-refractivity contribution in [3.8, 4) is 17.6 Å². The Morgan fingerprint density at radius 3 is 2.70 bits per heavy atom. The standard InChI is InChI=1S/C20H16N2O5/c21-10-16(8-15-6-7-17-18(9-15)27-13-26-17)20(24)25-12-19(23)22-11-14-4-2-1-3-5-14/h1-9H,11-13H2,(H,22,23). The van der Waals surface area contributed by atoms with Gasteiger partial charge in [-0.2, -0.15) is 5.26 Å². The summed E-state index contributed by atoms with van der Waals surface area (Å²) in [7, 11) is 0. The lowest BCUT2D eigenvalue weighted by molar-refractivity contribution is -0.144. The van der Waals surface area contributed by atoms with Crippen LogP contribution in [0.3, 0.4) is 0 Å². The summed E-state index contributed by atoms with van der Waals surface area (Å²) in [5.74, 6) is -0.185. The van der Waals surface area contributed by atoms with E-state index in [9.17, 15) is 14.9 Å². The maximum absolute atomic E-state index is 12.0. The second-order valence-electron chi connectivity index (χ2n) is 5.62. The summed E-state index contributed by atoms with van der Waals surface area (Å²) in [4.78, 5) is 23.8. The van der Waals surface area contributed by atoms with Crippen LogP contribution < -0.4 is 14.8 Å². The minimum Gasteiger partial charge on any atom is -0.454 e. The highest BCUT2D eigenvalue weighted by Gasteiger charge is 2.16. The van der Waals surface area contributed by atoms with Crippen molar-refractivity contribution in [1.82, 2.24) is 5.32 Å². The molecule has 0 aromatic heterocycles. The highest BCUT2D eigenvalue weighted by atomic mass is 16.7. The van der Waals surface area contributed by atoms with E-state index in [0.29, 0.717) is 23.6 Å². The van der Waals surface area contributed by atoms with Crippen LogP contribution in [0.5, 0.6) is 11.5 Å². The van der Waals surface area contributed by atoms with Crippen molar-refractivity contribution in [2.75, 3.05) is 13.4 Å². The molecular formula is C20H16N2O5. The molecule has 1 N–H and O–H groups in total. The number of hydrogen-bond donors (Lipinski definition) is 1. The van der Waals surface area contributed by atoms with E-state index in [0.717, 1.165) is 5.56 Å². The zero-order chi connectivity index (χ0) is 19.1. The van der Waals surface area contributed by atoms with Crippen LogP contribution in [0, 0.1) is 11.3 Å². The summed E-state index contributed by atoms with van der Waals surface area (Å²) >= 11 is 0. The van der Waals surface area contributed by atoms with Gasteiger partial charge in [-0.1, -0.05) is 36.4 Å². The van der Waals surface area contributed by atoms with Crippen molar-refractivity contribution in [2.45, 2.75) is 6.54 Å². The molecule has 2 aromatic carbocycles. The number of ether oxygens (including phenoxy) is 3. The first-order chi connectivity index (χ1) is 13.2. The second kappa shape index (κ2) is 8.54. The smallest absolute Gasteiger partial charge is 0.349 e. The molecule has 1 amide bonds. The quantitative estimate of drug-likeness (QED) is 0.479. The molecule has 0 unspecified atom stereocenters. The normalized spacial score (nSPS) is 12.2. The van der Waals surface area contributed by atoms with E-state index < -0.39 is 18.5 Å². The molecule has 0 saturated carbocycles. The Morgan fingerprint density at radius 1 is 1.15 bits per heavy atom. The molecule has 0 atom stereocenters. The topological polar surface area (TPSA) is 97.7 Å². The molecule has 2 aromatic rings. The molecule has 7 nitrogen and oxygen atoms in total. The first-order valence-corrected chi connectivity index (χ1v) is 8.15. The number of esters is 1. The molecule has 0 spiro atoms. The number of amides is 1. The Labute approximate surface area is 155 Å². The van der Waals surface area contributed by atoms with Crippen molar-refractivity contribution in [3.63, 3.8) is 0 Å². The Bertz CT molecular complexity index is 916. The van der Waals surface area contributed by atoms with E-state index in [2.05, 4.69) is 5.32 Å². The maximum Gasteiger partial charge on any atom is 0.349 e. The van der Waals surface area contributed by atoms with Crippen LogP contribution in [0.15, 0.2) is 54.1 Å². The first-order valence-electron chi connectivity index (χ1n) is 8.15. The van der Waals surface area contributed by atoms with Gasteiger partial charge in [-0.15, -0.1) is 0 Å². The Morgan fingerprint density at radius 2 is 1.93 bits per heavy atom. The van der Waals surface area contributed by atoms with Gasteiger partial charge in [0.25, 0.3) is 5.91 Å². The van der Waals surface area contributed by atoms with Crippen LogP contribution in [-0.2, 0) is 20.9 Å². The van der Waals surface area contributed by atoms with Gasteiger partial charge >= 0.3 is 5.97 Å². The monoisotopic (exact) mass is 364 g/mol. The molecule has 27 heavy (non-hydrogen) atoms. The molecule has 0 bridgehead atoms. The molecule has 7 heteroatoms. The van der Waals surface area contributed by atoms with Crippen molar-refractivity contribution >= 4 is 18.0 Å². The average Bonchev–Trinajstić information content (AvgIpc) is 3.17. The Balaban J connectivity index is 1.54. The number of hydrogen-bond acceptors (Lipinski definition) is 6. The van der Waals surface area contributed by atoms with E-state index in [4.69, 9.17) is 14.2 Å². The van der Waals surface area contributed by atoms with Gasteiger partial charge < -0.3 is 19.5 Å². The zero-order valence-corrected chi connectivity index (χ0v) is 14.3. The fourth-order valence-electron chi connectivity index (χ4n) is 2.36. The number of rotatable bonds is 6. The van der Waals surface area contributed by atoms with E-state index in [1.54, 1.807) is 24.3 Å². The summed E-state index contributed by atoms with van der Waals surface area (Å²) in [6.45, 7) is -0.00502. The highest BCUT2D eigenvalue weighted by molar-refractivity contribution is 5.98. The molecule has 1 aliphatic heterocycles. The van der Waals surface area contributed by atoms with Gasteiger partial charge in [-0.25, -0.2) is 4.79 Å². The van der Waals surface area contributed by atoms with Crippen LogP contribution in [0.25, 0.3) is 6.08 Å². The molecule has 0 saturated heterocycles. The number of carbonyl (C=O) groups excluding carboxylic acids is 2. The summed E-state index contributed by atoms with van der Waals surface area (Å²) < 4.78 is 15.4. The van der Waals surface area contributed by atoms with Crippen LogP contribution in [-0.4, -0.2) is 25.3 Å². The zero-order valence-electron chi connectivity index (χ0n) is 14.3. The number of nitrogens with zero attached hydrogens (tertiary/aromatic N) is 1. The highest BCUT2D eigenvalue weighted by Crippen LogP contribution is 2.33. The van der Waals surface area contributed by atoms with Gasteiger partial charge in [0.1, 0.15) is 11.6 Å². The van der Waals surface area contributed by atoms with Gasteiger partial charge in [0, 0.05) is 6.54 Å². The van der Waals surface area contributed by atoms with Gasteiger partial charge in [0.15, 0.2) is 18.1 Å². The average molecular weight is 364 g/mol. The minimum atomic E-state index is -0.870. The SMILES string of the molecule is N#CC(=Cc1ccc2c(c1)OCO2)C(=O)OCC(=O)NCc1ccccc1. The predicted molar refractivity (Wildman–Crippen MR) is 95.4 cm³/mol. The molecule has 136 valence electrons. The first kappa shape index (κ1) is 18.0. The number of benzene rings is 2. The molecule has 0 aliphatic carbocycles. The van der Waals surface area contributed by atoms with Gasteiger partial charge in [0.2, 0.25) is 6.79 Å². The van der Waals surface area contributed by atoms with E-state index in [1.807, 2.05) is 30.3 Å². The van der Waals surface area contributed by atoms with Gasteiger partial charge in [-0.3, -0.25) is 4.79 Å². The number of carbonyl (C=O) groups is 2. The van der Waals surface area contributed by atoms with Crippen molar-refractivity contribution in [3.05, 3.63) is 65.2 Å². The van der Waals surface area contributed by atoms with Gasteiger partial charge in [-0.05, 0) is 29.3 Å². The molecule has 3 rings (SSSR count). The van der Waals surface area contributed by atoms with Crippen LogP contribution in [0.4, 0.5) is 0 Å². The van der Waals surface area contributed by atoms with Gasteiger partial charge in [0.05, 0.1) is 0 Å². The minimum absolute atomic E-state index is 0.133. The Kier molecular flexibility index (Phi) is 5.70. The largest absolute Gasteiger partial charge is 0.454 e. The fourth-order valence-corrected chi connectivity index (χ4v) is 2.36. The summed E-state index contributed by atoms with van der Waals surface area (Å²) in [6.07, 6.45) is 1.37. The van der Waals surface area contributed by atoms with Crippen molar-refractivity contribution < 1.29 is 23.8 Å². The van der Waals surface area contributed by atoms with Crippen LogP contribution in [0.2, 0.25) is 0 Å². The number of nitriles is 1. The van der Waals surface area contributed by atoms with Crippen LogP contribution in [0.1, 0.15) is 11.1 Å². The maximum atomic E-state index is 12.0. The molecule has 1 heterocycles. The fraction of sp³-hybridized carbons (Fsp3) is 0.150. The Hall–Kier alpha value is -3.79. The van der Waals surface area contributed by atoms with E-state index >= 15 is 0 Å². The molecule has 0 fully saturated rings. The van der Waals surface area contributed by atoms with Crippen molar-refractivity contribution in [2.24, 2.45) is 0 Å². The molecule has 0 radical (unpaired) electrons. The van der Waals surface area contributed by atoms with Crippen molar-refractivity contribution in [1.29, 1.82) is 5.26 Å².